The lowest BCUT2D eigenvalue weighted by atomic mass is 10.2. The second-order valence-electron chi connectivity index (χ2n) is 5.69. The van der Waals surface area contributed by atoms with Crippen LogP contribution in [0.3, 0.4) is 0 Å². The summed E-state index contributed by atoms with van der Waals surface area (Å²) in [6.45, 7) is 3.49. The van der Waals surface area contributed by atoms with Crippen LogP contribution in [0, 0.1) is 6.92 Å². The van der Waals surface area contributed by atoms with Gasteiger partial charge in [-0.2, -0.15) is 18.3 Å². The Hall–Kier alpha value is -2.35. The molecule has 1 atom stereocenters. The Bertz CT molecular complexity index is 722. The fourth-order valence-electron chi connectivity index (χ4n) is 2.16. The van der Waals surface area contributed by atoms with Crippen molar-refractivity contribution in [2.24, 2.45) is 5.73 Å². The largest absolute Gasteiger partial charge is 0.416 e. The number of hydrogen-bond acceptors (Lipinski definition) is 3. The summed E-state index contributed by atoms with van der Waals surface area (Å²) in [6.07, 6.45) is -3.70. The summed E-state index contributed by atoms with van der Waals surface area (Å²) in [6, 6.07) is 6.27. The van der Waals surface area contributed by atoms with Crippen LogP contribution in [-0.2, 0) is 11.0 Å². The number of alkyl halides is 3. The number of halogens is 3. The number of hydrogen-bond donors (Lipinski definition) is 2. The Labute approximate surface area is 137 Å². The molecule has 0 radical (unpaired) electrons. The van der Waals surface area contributed by atoms with Crippen LogP contribution in [0.2, 0.25) is 0 Å². The highest BCUT2D eigenvalue weighted by atomic mass is 19.4. The van der Waals surface area contributed by atoms with Gasteiger partial charge in [0.15, 0.2) is 0 Å². The number of aryl methyl sites for hydroxylation is 1. The summed E-state index contributed by atoms with van der Waals surface area (Å²) < 4.78 is 39.9. The molecule has 1 aromatic heterocycles. The molecule has 0 saturated heterocycles. The molecule has 1 heterocycles. The highest BCUT2D eigenvalue weighted by molar-refractivity contribution is 5.90. The van der Waals surface area contributed by atoms with Gasteiger partial charge in [-0.1, -0.05) is 6.07 Å². The van der Waals surface area contributed by atoms with E-state index >= 15 is 0 Å². The lowest BCUT2D eigenvalue weighted by Gasteiger charge is -2.12. The maximum atomic E-state index is 12.9. The molecular formula is C16H19F3N4O. The predicted octanol–water partition coefficient (Wildman–Crippen LogP) is 3.27. The number of benzene rings is 1. The Morgan fingerprint density at radius 1 is 1.38 bits per heavy atom. The third kappa shape index (κ3) is 4.58. The van der Waals surface area contributed by atoms with Gasteiger partial charge in [-0.15, -0.1) is 0 Å². The topological polar surface area (TPSA) is 72.9 Å². The molecule has 0 spiro atoms. The van der Waals surface area contributed by atoms with E-state index in [2.05, 4.69) is 10.4 Å². The van der Waals surface area contributed by atoms with Gasteiger partial charge in [-0.05, 0) is 38.5 Å². The van der Waals surface area contributed by atoms with Gasteiger partial charge in [-0.25, -0.2) is 4.68 Å². The van der Waals surface area contributed by atoms with Crippen molar-refractivity contribution >= 4 is 11.7 Å². The van der Waals surface area contributed by atoms with E-state index in [4.69, 9.17) is 5.73 Å². The lowest BCUT2D eigenvalue weighted by molar-refractivity contribution is -0.137. The molecule has 1 aromatic carbocycles. The van der Waals surface area contributed by atoms with E-state index in [1.54, 1.807) is 19.9 Å². The molecule has 5 nitrogen and oxygen atoms in total. The third-order valence-electron chi connectivity index (χ3n) is 3.34. The molecule has 3 N–H and O–H groups in total. The normalized spacial score (nSPS) is 12.9. The molecule has 1 amide bonds. The summed E-state index contributed by atoms with van der Waals surface area (Å²) in [5.41, 5.74) is 5.64. The van der Waals surface area contributed by atoms with Crippen LogP contribution in [0.4, 0.5) is 19.0 Å². The van der Waals surface area contributed by atoms with E-state index in [1.165, 1.54) is 16.8 Å². The highest BCUT2D eigenvalue weighted by Crippen LogP contribution is 2.31. The zero-order valence-corrected chi connectivity index (χ0v) is 13.4. The van der Waals surface area contributed by atoms with Gasteiger partial charge < -0.3 is 11.1 Å². The number of anilines is 1. The van der Waals surface area contributed by atoms with Crippen molar-refractivity contribution in [2.45, 2.75) is 38.9 Å². The Balaban J connectivity index is 2.27. The van der Waals surface area contributed by atoms with Crippen LogP contribution in [0.25, 0.3) is 5.69 Å². The Kier molecular flexibility index (Phi) is 5.28. The summed E-state index contributed by atoms with van der Waals surface area (Å²) in [5.74, 6) is 0.0573. The quantitative estimate of drug-likeness (QED) is 0.877. The summed E-state index contributed by atoms with van der Waals surface area (Å²) in [7, 11) is 0. The van der Waals surface area contributed by atoms with Crippen LogP contribution >= 0.6 is 0 Å². The van der Waals surface area contributed by atoms with E-state index in [9.17, 15) is 18.0 Å². The molecule has 2 rings (SSSR count). The molecule has 0 saturated carbocycles. The minimum absolute atomic E-state index is 0.106. The lowest BCUT2D eigenvalue weighted by Crippen LogP contribution is -2.20. The summed E-state index contributed by atoms with van der Waals surface area (Å²) >= 11 is 0. The van der Waals surface area contributed by atoms with E-state index < -0.39 is 11.7 Å². The van der Waals surface area contributed by atoms with Crippen LogP contribution in [-0.4, -0.2) is 21.7 Å². The molecule has 24 heavy (non-hydrogen) atoms. The van der Waals surface area contributed by atoms with Crippen molar-refractivity contribution in [2.75, 3.05) is 5.32 Å². The molecule has 0 aliphatic heterocycles. The first kappa shape index (κ1) is 18.0. The van der Waals surface area contributed by atoms with Crippen molar-refractivity contribution in [3.8, 4) is 5.69 Å². The summed E-state index contributed by atoms with van der Waals surface area (Å²) in [4.78, 5) is 11.9. The van der Waals surface area contributed by atoms with Crippen LogP contribution < -0.4 is 11.1 Å². The monoisotopic (exact) mass is 340 g/mol. The molecule has 0 aliphatic rings. The van der Waals surface area contributed by atoms with E-state index in [0.717, 1.165) is 12.1 Å². The van der Waals surface area contributed by atoms with Gasteiger partial charge in [0.1, 0.15) is 5.82 Å². The summed E-state index contributed by atoms with van der Waals surface area (Å²) in [5, 5.41) is 6.83. The zero-order valence-electron chi connectivity index (χ0n) is 13.4. The zero-order chi connectivity index (χ0) is 17.9. The van der Waals surface area contributed by atoms with Crippen LogP contribution in [0.1, 0.15) is 31.0 Å². The van der Waals surface area contributed by atoms with Gasteiger partial charge in [0.25, 0.3) is 0 Å². The smallest absolute Gasteiger partial charge is 0.328 e. The number of aromatic nitrogens is 2. The molecule has 0 aliphatic carbocycles. The van der Waals surface area contributed by atoms with Crippen LogP contribution in [0.15, 0.2) is 30.3 Å². The van der Waals surface area contributed by atoms with Crippen molar-refractivity contribution in [3.05, 3.63) is 41.6 Å². The number of nitrogens with zero attached hydrogens (tertiary/aromatic N) is 2. The number of carbonyl (C=O) groups is 1. The number of nitrogens with two attached hydrogens (primary N) is 1. The predicted molar refractivity (Wildman–Crippen MR) is 84.8 cm³/mol. The van der Waals surface area contributed by atoms with E-state index in [1.807, 2.05) is 0 Å². The number of rotatable bonds is 5. The molecule has 1 unspecified atom stereocenters. The minimum Gasteiger partial charge on any atom is -0.328 e. The first-order valence-corrected chi connectivity index (χ1v) is 7.46. The van der Waals surface area contributed by atoms with Gasteiger partial charge in [-0.3, -0.25) is 4.79 Å². The van der Waals surface area contributed by atoms with Gasteiger partial charge in [0.05, 0.1) is 16.9 Å². The maximum absolute atomic E-state index is 12.9. The standard InChI is InChI=1S/C16H19F3N4O/c1-10(20)6-7-15(24)21-14-8-11(2)22-23(14)13-5-3-4-12(9-13)16(17,18)19/h3-5,8-10H,6-7,20H2,1-2H3,(H,21,24). The average molecular weight is 340 g/mol. The number of carbonyl (C=O) groups excluding carboxylic acids is 1. The maximum Gasteiger partial charge on any atom is 0.416 e. The molecule has 2 aromatic rings. The molecule has 0 fully saturated rings. The van der Waals surface area contributed by atoms with Crippen molar-refractivity contribution in [1.29, 1.82) is 0 Å². The average Bonchev–Trinajstić information content (AvgIpc) is 2.85. The Morgan fingerprint density at radius 2 is 2.08 bits per heavy atom. The van der Waals surface area contributed by atoms with Crippen LogP contribution in [0.5, 0.6) is 0 Å². The molecule has 0 bridgehead atoms. The molecular weight excluding hydrogens is 321 g/mol. The SMILES string of the molecule is Cc1cc(NC(=O)CCC(C)N)n(-c2cccc(C(F)(F)F)c2)n1. The fraction of sp³-hybridized carbons (Fsp3) is 0.375. The third-order valence-corrected chi connectivity index (χ3v) is 3.34. The second-order valence-corrected chi connectivity index (χ2v) is 5.69. The second kappa shape index (κ2) is 7.04. The Morgan fingerprint density at radius 3 is 2.71 bits per heavy atom. The van der Waals surface area contributed by atoms with Crippen molar-refractivity contribution in [3.63, 3.8) is 0 Å². The van der Waals surface area contributed by atoms with Gasteiger partial charge in [0, 0.05) is 18.5 Å². The van der Waals surface area contributed by atoms with Gasteiger partial charge >= 0.3 is 6.18 Å². The van der Waals surface area contributed by atoms with Crippen molar-refractivity contribution in [1.82, 2.24) is 9.78 Å². The van der Waals surface area contributed by atoms with Gasteiger partial charge in [0.2, 0.25) is 5.91 Å². The first-order chi connectivity index (χ1) is 11.2. The molecule has 130 valence electrons. The molecule has 8 heteroatoms. The van der Waals surface area contributed by atoms with E-state index in [0.29, 0.717) is 17.9 Å². The van der Waals surface area contributed by atoms with E-state index in [-0.39, 0.29) is 24.1 Å². The highest BCUT2D eigenvalue weighted by Gasteiger charge is 2.30. The minimum atomic E-state index is -4.45. The fourth-order valence-corrected chi connectivity index (χ4v) is 2.16. The van der Waals surface area contributed by atoms with Crippen molar-refractivity contribution < 1.29 is 18.0 Å². The number of amides is 1. The number of nitrogens with one attached hydrogen (secondary N) is 1. The first-order valence-electron chi connectivity index (χ1n) is 7.46.